The Hall–Kier alpha value is -0.160. The molecule has 0 aromatic carbocycles. The molecule has 4 heteroatoms. The minimum Gasteiger partial charge on any atom is -0.381 e. The van der Waals surface area contributed by atoms with Gasteiger partial charge in [0.2, 0.25) is 0 Å². The Bertz CT molecular complexity index is 299. The first-order chi connectivity index (χ1) is 9.41. The van der Waals surface area contributed by atoms with Gasteiger partial charge in [-0.05, 0) is 32.7 Å². The molecule has 0 aliphatic carbocycles. The summed E-state index contributed by atoms with van der Waals surface area (Å²) in [5, 5.41) is 3.64. The lowest BCUT2D eigenvalue weighted by atomic mass is 9.85. The largest absolute Gasteiger partial charge is 0.381 e. The van der Waals surface area contributed by atoms with E-state index >= 15 is 0 Å². The summed E-state index contributed by atoms with van der Waals surface area (Å²) in [4.78, 5) is 2.56. The Balaban J connectivity index is 1.88. The molecular formula is C16H32N2O2. The van der Waals surface area contributed by atoms with E-state index in [1.54, 1.807) is 0 Å². The van der Waals surface area contributed by atoms with Crippen LogP contribution in [0.1, 0.15) is 34.1 Å². The second kappa shape index (κ2) is 6.73. The van der Waals surface area contributed by atoms with E-state index in [4.69, 9.17) is 9.47 Å². The fourth-order valence-corrected chi connectivity index (χ4v) is 3.32. The van der Waals surface area contributed by atoms with Crippen LogP contribution < -0.4 is 5.32 Å². The van der Waals surface area contributed by atoms with Gasteiger partial charge in [-0.1, -0.05) is 13.8 Å². The highest BCUT2D eigenvalue weighted by molar-refractivity contribution is 4.91. The normalized spacial score (nSPS) is 31.1. The lowest BCUT2D eigenvalue weighted by Crippen LogP contribution is -2.53. The van der Waals surface area contributed by atoms with Crippen LogP contribution in [-0.2, 0) is 9.47 Å². The van der Waals surface area contributed by atoms with Crippen molar-refractivity contribution in [1.82, 2.24) is 10.2 Å². The Morgan fingerprint density at radius 3 is 2.65 bits per heavy atom. The molecule has 4 nitrogen and oxygen atoms in total. The van der Waals surface area contributed by atoms with Gasteiger partial charge in [-0.25, -0.2) is 0 Å². The van der Waals surface area contributed by atoms with Crippen LogP contribution >= 0.6 is 0 Å². The van der Waals surface area contributed by atoms with Crippen LogP contribution in [0.25, 0.3) is 0 Å². The average Bonchev–Trinajstić information content (AvgIpc) is 2.76. The van der Waals surface area contributed by atoms with Gasteiger partial charge in [0, 0.05) is 38.2 Å². The van der Waals surface area contributed by atoms with Gasteiger partial charge in [0.25, 0.3) is 0 Å². The third-order valence-corrected chi connectivity index (χ3v) is 4.30. The summed E-state index contributed by atoms with van der Waals surface area (Å²) >= 11 is 0. The van der Waals surface area contributed by atoms with E-state index in [-0.39, 0.29) is 5.60 Å². The summed E-state index contributed by atoms with van der Waals surface area (Å²) in [7, 11) is 0. The van der Waals surface area contributed by atoms with Crippen molar-refractivity contribution in [1.29, 1.82) is 0 Å². The molecule has 2 saturated heterocycles. The molecule has 0 radical (unpaired) electrons. The van der Waals surface area contributed by atoms with Crippen LogP contribution in [0.4, 0.5) is 0 Å². The van der Waals surface area contributed by atoms with Crippen molar-refractivity contribution >= 4 is 0 Å². The first-order valence-corrected chi connectivity index (χ1v) is 8.06. The maximum atomic E-state index is 5.82. The smallest absolute Gasteiger partial charge is 0.0753 e. The fraction of sp³-hybridized carbons (Fsp3) is 1.00. The van der Waals surface area contributed by atoms with E-state index in [0.29, 0.717) is 11.3 Å². The molecule has 0 spiro atoms. The van der Waals surface area contributed by atoms with Crippen molar-refractivity contribution in [2.24, 2.45) is 11.3 Å². The summed E-state index contributed by atoms with van der Waals surface area (Å²) in [5.41, 5.74) is 0.284. The van der Waals surface area contributed by atoms with Crippen molar-refractivity contribution < 1.29 is 9.47 Å². The average molecular weight is 284 g/mol. The van der Waals surface area contributed by atoms with Gasteiger partial charge >= 0.3 is 0 Å². The molecule has 20 heavy (non-hydrogen) atoms. The molecule has 2 fully saturated rings. The minimum atomic E-state index is -0.00966. The molecule has 0 amide bonds. The predicted molar refractivity (Wildman–Crippen MR) is 82.0 cm³/mol. The third-order valence-electron chi connectivity index (χ3n) is 4.30. The topological polar surface area (TPSA) is 33.7 Å². The molecule has 0 aromatic heterocycles. The van der Waals surface area contributed by atoms with Crippen LogP contribution in [-0.4, -0.2) is 63.0 Å². The first-order valence-electron chi connectivity index (χ1n) is 8.06. The van der Waals surface area contributed by atoms with Gasteiger partial charge in [0.1, 0.15) is 0 Å². The Kier molecular flexibility index (Phi) is 5.46. The van der Waals surface area contributed by atoms with Crippen molar-refractivity contribution in [2.45, 2.75) is 39.7 Å². The number of hydrogen-bond acceptors (Lipinski definition) is 4. The number of morpholine rings is 1. The molecule has 1 N–H and O–H groups in total. The van der Waals surface area contributed by atoms with Crippen molar-refractivity contribution in [2.75, 3.05) is 52.5 Å². The molecule has 2 aliphatic heterocycles. The highest BCUT2D eigenvalue weighted by Gasteiger charge is 2.38. The summed E-state index contributed by atoms with van der Waals surface area (Å²) in [6.07, 6.45) is 1.18. The highest BCUT2D eigenvalue weighted by atomic mass is 16.5. The Labute approximate surface area is 124 Å². The van der Waals surface area contributed by atoms with Crippen molar-refractivity contribution in [3.05, 3.63) is 0 Å². The SMILES string of the molecule is CC(C)CNCC1(CN2CCOC(C)(C)C2)CCOC1. The van der Waals surface area contributed by atoms with Gasteiger partial charge in [0.05, 0.1) is 18.8 Å². The zero-order chi connectivity index (χ0) is 14.6. The standard InChI is InChI=1S/C16H32N2O2/c1-14(2)9-17-10-16(5-7-19-13-16)12-18-6-8-20-15(3,4)11-18/h14,17H,5-13H2,1-4H3. The second-order valence-corrected chi connectivity index (χ2v) is 7.65. The van der Waals surface area contributed by atoms with E-state index in [9.17, 15) is 0 Å². The van der Waals surface area contributed by atoms with Crippen LogP contribution in [0.5, 0.6) is 0 Å². The second-order valence-electron chi connectivity index (χ2n) is 7.65. The summed E-state index contributed by atoms with van der Waals surface area (Å²) in [5.74, 6) is 0.705. The zero-order valence-electron chi connectivity index (χ0n) is 13.7. The molecule has 1 unspecified atom stereocenters. The molecule has 2 aliphatic rings. The molecule has 0 saturated carbocycles. The zero-order valence-corrected chi connectivity index (χ0v) is 13.7. The van der Waals surface area contributed by atoms with Gasteiger partial charge in [-0.3, -0.25) is 4.90 Å². The van der Waals surface area contributed by atoms with E-state index in [1.807, 2.05) is 0 Å². The molecular weight excluding hydrogens is 252 g/mol. The number of ether oxygens (including phenoxy) is 2. The lowest BCUT2D eigenvalue weighted by Gasteiger charge is -2.42. The molecule has 118 valence electrons. The van der Waals surface area contributed by atoms with E-state index in [1.165, 1.54) is 6.42 Å². The molecule has 0 bridgehead atoms. The highest BCUT2D eigenvalue weighted by Crippen LogP contribution is 2.30. The Morgan fingerprint density at radius 1 is 1.25 bits per heavy atom. The maximum Gasteiger partial charge on any atom is 0.0753 e. The van der Waals surface area contributed by atoms with Gasteiger partial charge in [0.15, 0.2) is 0 Å². The Morgan fingerprint density at radius 2 is 2.05 bits per heavy atom. The predicted octanol–water partition coefficient (Wildman–Crippen LogP) is 1.75. The fourth-order valence-electron chi connectivity index (χ4n) is 3.32. The van der Waals surface area contributed by atoms with Crippen LogP contribution in [0.3, 0.4) is 0 Å². The van der Waals surface area contributed by atoms with Crippen molar-refractivity contribution in [3.8, 4) is 0 Å². The number of nitrogens with one attached hydrogen (secondary N) is 1. The van der Waals surface area contributed by atoms with Gasteiger partial charge < -0.3 is 14.8 Å². The van der Waals surface area contributed by atoms with Crippen LogP contribution in [0.15, 0.2) is 0 Å². The van der Waals surface area contributed by atoms with E-state index in [2.05, 4.69) is 37.9 Å². The molecule has 1 atom stereocenters. The molecule has 0 aromatic rings. The molecule has 2 rings (SSSR count). The summed E-state index contributed by atoms with van der Waals surface area (Å²) in [6.45, 7) is 16.9. The summed E-state index contributed by atoms with van der Waals surface area (Å²) in [6, 6.07) is 0. The number of rotatable bonds is 6. The van der Waals surface area contributed by atoms with Gasteiger partial charge in [-0.2, -0.15) is 0 Å². The quantitative estimate of drug-likeness (QED) is 0.806. The maximum absolute atomic E-state index is 5.82. The van der Waals surface area contributed by atoms with Crippen molar-refractivity contribution in [3.63, 3.8) is 0 Å². The lowest BCUT2D eigenvalue weighted by molar-refractivity contribution is -0.0945. The van der Waals surface area contributed by atoms with Crippen LogP contribution in [0, 0.1) is 11.3 Å². The van der Waals surface area contributed by atoms with E-state index < -0.39 is 0 Å². The number of nitrogens with zero attached hydrogens (tertiary/aromatic N) is 1. The van der Waals surface area contributed by atoms with Crippen LogP contribution in [0.2, 0.25) is 0 Å². The third kappa shape index (κ3) is 4.69. The summed E-state index contributed by atoms with van der Waals surface area (Å²) < 4.78 is 11.5. The minimum absolute atomic E-state index is 0.00966. The van der Waals surface area contributed by atoms with Gasteiger partial charge in [-0.15, -0.1) is 0 Å². The monoisotopic (exact) mass is 284 g/mol. The number of hydrogen-bond donors (Lipinski definition) is 1. The first kappa shape index (κ1) is 16.2. The van der Waals surface area contributed by atoms with E-state index in [0.717, 1.165) is 52.5 Å². The molecule has 2 heterocycles.